The van der Waals surface area contributed by atoms with Gasteiger partial charge < -0.3 is 10.0 Å². The smallest absolute Gasteiger partial charge is 0.323 e. The lowest BCUT2D eigenvalue weighted by Gasteiger charge is -2.29. The summed E-state index contributed by atoms with van der Waals surface area (Å²) in [5, 5.41) is 12.3. The molecule has 0 spiro atoms. The lowest BCUT2D eigenvalue weighted by molar-refractivity contribution is -0.143. The number of halogens is 1. The third kappa shape index (κ3) is 4.37. The number of thiazole rings is 1. The number of urea groups is 1. The highest BCUT2D eigenvalue weighted by molar-refractivity contribution is 7.15. The quantitative estimate of drug-likeness (QED) is 0.854. The lowest BCUT2D eigenvalue weighted by Crippen LogP contribution is -2.42. The van der Waals surface area contributed by atoms with Gasteiger partial charge >= 0.3 is 12.0 Å². The Morgan fingerprint density at radius 3 is 2.77 bits per heavy atom. The monoisotopic (exact) mass is 377 g/mol. The largest absolute Gasteiger partial charge is 0.481 e. The van der Waals surface area contributed by atoms with Gasteiger partial charge in [-0.05, 0) is 37.5 Å². The molecule has 0 aliphatic carbocycles. The summed E-state index contributed by atoms with van der Waals surface area (Å²) >= 11 is 1.37. The number of carbonyl (C=O) groups excluding carboxylic acids is 1. The number of nitrogens with one attached hydrogen (secondary N) is 1. The third-order valence-electron chi connectivity index (χ3n) is 4.49. The van der Waals surface area contributed by atoms with Crippen molar-refractivity contribution in [1.82, 2.24) is 9.88 Å². The fraction of sp³-hybridized carbons (Fsp3) is 0.389. The van der Waals surface area contributed by atoms with Crippen molar-refractivity contribution in [2.75, 3.05) is 18.4 Å². The summed E-state index contributed by atoms with van der Waals surface area (Å²) in [5.74, 6) is -1.45. The number of amides is 2. The standard InChI is InChI=1S/C18H20FN3O3S/c1-11-15(10-12-3-2-4-14(19)9-12)26-17(20-11)21-18(25)22-7-5-13(6-8-22)16(23)24/h2-4,9,13H,5-8,10H2,1H3,(H,23,24)(H,20,21,25). The molecule has 138 valence electrons. The molecule has 1 aromatic heterocycles. The number of aliphatic carboxylic acids is 1. The summed E-state index contributed by atoms with van der Waals surface area (Å²) in [6.07, 6.45) is 1.48. The van der Waals surface area contributed by atoms with Crippen LogP contribution >= 0.6 is 11.3 Å². The van der Waals surface area contributed by atoms with Crippen LogP contribution in [-0.2, 0) is 11.2 Å². The predicted molar refractivity (Wildman–Crippen MR) is 97.0 cm³/mol. The van der Waals surface area contributed by atoms with Gasteiger partial charge in [0.2, 0.25) is 0 Å². The van der Waals surface area contributed by atoms with Gasteiger partial charge in [0, 0.05) is 24.4 Å². The van der Waals surface area contributed by atoms with Crippen molar-refractivity contribution in [3.05, 3.63) is 46.2 Å². The van der Waals surface area contributed by atoms with Crippen molar-refractivity contribution in [2.45, 2.75) is 26.2 Å². The fourth-order valence-electron chi connectivity index (χ4n) is 2.98. The number of carboxylic acid groups (broad SMARTS) is 1. The molecule has 3 rings (SSSR count). The Kier molecular flexibility index (Phi) is 5.51. The molecule has 1 aromatic carbocycles. The molecule has 2 N–H and O–H groups in total. The number of benzene rings is 1. The van der Waals surface area contributed by atoms with E-state index in [1.807, 2.05) is 13.0 Å². The molecule has 1 aliphatic heterocycles. The molecule has 2 aromatic rings. The predicted octanol–water partition coefficient (Wildman–Crippen LogP) is 3.51. The molecule has 8 heteroatoms. The van der Waals surface area contributed by atoms with Gasteiger partial charge in [0.1, 0.15) is 5.82 Å². The minimum absolute atomic E-state index is 0.264. The fourth-order valence-corrected chi connectivity index (χ4v) is 3.96. The first-order valence-corrected chi connectivity index (χ1v) is 9.23. The summed E-state index contributed by atoms with van der Waals surface area (Å²) in [7, 11) is 0. The molecular formula is C18H20FN3O3S. The highest BCUT2D eigenvalue weighted by atomic mass is 32.1. The maximum absolute atomic E-state index is 13.3. The minimum Gasteiger partial charge on any atom is -0.481 e. The van der Waals surface area contributed by atoms with Crippen LogP contribution in [0.25, 0.3) is 0 Å². The van der Waals surface area contributed by atoms with Gasteiger partial charge in [0.15, 0.2) is 5.13 Å². The number of hydrogen-bond donors (Lipinski definition) is 2. The summed E-state index contributed by atoms with van der Waals surface area (Å²) in [5.41, 5.74) is 1.66. The van der Waals surface area contributed by atoms with Gasteiger partial charge in [-0.2, -0.15) is 0 Å². The van der Waals surface area contributed by atoms with Crippen LogP contribution < -0.4 is 5.32 Å². The van der Waals surface area contributed by atoms with E-state index in [0.717, 1.165) is 16.1 Å². The zero-order valence-electron chi connectivity index (χ0n) is 14.4. The molecule has 2 amide bonds. The molecule has 0 unspecified atom stereocenters. The summed E-state index contributed by atoms with van der Waals surface area (Å²) in [4.78, 5) is 30.3. The van der Waals surface area contributed by atoms with Crippen molar-refractivity contribution in [2.24, 2.45) is 5.92 Å². The van der Waals surface area contributed by atoms with E-state index in [0.29, 0.717) is 37.5 Å². The van der Waals surface area contributed by atoms with Crippen LogP contribution in [0.2, 0.25) is 0 Å². The molecule has 6 nitrogen and oxygen atoms in total. The second kappa shape index (κ2) is 7.82. The van der Waals surface area contributed by atoms with Crippen LogP contribution in [0.5, 0.6) is 0 Å². The molecule has 0 bridgehead atoms. The number of carbonyl (C=O) groups is 2. The van der Waals surface area contributed by atoms with Gasteiger partial charge in [0.05, 0.1) is 11.6 Å². The number of hydrogen-bond acceptors (Lipinski definition) is 4. The number of anilines is 1. The van der Waals surface area contributed by atoms with E-state index in [-0.39, 0.29) is 17.8 Å². The van der Waals surface area contributed by atoms with Gasteiger partial charge in [-0.1, -0.05) is 12.1 Å². The van der Waals surface area contributed by atoms with Gasteiger partial charge in [-0.15, -0.1) is 11.3 Å². The Bertz CT molecular complexity index is 816. The van der Waals surface area contributed by atoms with Crippen LogP contribution in [0, 0.1) is 18.7 Å². The van der Waals surface area contributed by atoms with E-state index in [1.165, 1.54) is 23.5 Å². The second-order valence-corrected chi connectivity index (χ2v) is 7.45. The highest BCUT2D eigenvalue weighted by Gasteiger charge is 2.27. The maximum Gasteiger partial charge on any atom is 0.323 e. The van der Waals surface area contributed by atoms with E-state index in [4.69, 9.17) is 5.11 Å². The van der Waals surface area contributed by atoms with E-state index in [1.54, 1.807) is 11.0 Å². The molecule has 2 heterocycles. The molecule has 1 saturated heterocycles. The molecule has 1 aliphatic rings. The van der Waals surface area contributed by atoms with Gasteiger partial charge in [-0.25, -0.2) is 14.2 Å². The van der Waals surface area contributed by atoms with E-state index >= 15 is 0 Å². The maximum atomic E-state index is 13.3. The summed E-state index contributed by atoms with van der Waals surface area (Å²) in [6.45, 7) is 2.70. The number of carboxylic acids is 1. The van der Waals surface area contributed by atoms with Crippen molar-refractivity contribution in [3.63, 3.8) is 0 Å². The number of nitrogens with zero attached hydrogens (tertiary/aromatic N) is 2. The SMILES string of the molecule is Cc1nc(NC(=O)N2CCC(C(=O)O)CC2)sc1Cc1cccc(F)c1. The zero-order valence-corrected chi connectivity index (χ0v) is 15.2. The van der Waals surface area contributed by atoms with Crippen molar-refractivity contribution < 1.29 is 19.1 Å². The van der Waals surface area contributed by atoms with Crippen molar-refractivity contribution in [1.29, 1.82) is 0 Å². The Balaban J connectivity index is 1.60. The van der Waals surface area contributed by atoms with Crippen LogP contribution in [0.3, 0.4) is 0 Å². The van der Waals surface area contributed by atoms with E-state index in [2.05, 4.69) is 10.3 Å². The molecule has 0 radical (unpaired) electrons. The molecule has 26 heavy (non-hydrogen) atoms. The summed E-state index contributed by atoms with van der Waals surface area (Å²) in [6, 6.07) is 6.16. The Morgan fingerprint density at radius 1 is 1.38 bits per heavy atom. The second-order valence-electron chi connectivity index (χ2n) is 6.36. The highest BCUT2D eigenvalue weighted by Crippen LogP contribution is 2.26. The Hall–Kier alpha value is -2.48. The van der Waals surface area contributed by atoms with Crippen molar-refractivity contribution >= 4 is 28.5 Å². The topological polar surface area (TPSA) is 82.5 Å². The first-order chi connectivity index (χ1) is 12.4. The molecule has 0 atom stereocenters. The van der Waals surface area contributed by atoms with E-state index in [9.17, 15) is 14.0 Å². The van der Waals surface area contributed by atoms with Crippen LogP contribution in [0.4, 0.5) is 14.3 Å². The first kappa shape index (κ1) is 18.3. The Labute approximate surface area is 154 Å². The van der Waals surface area contributed by atoms with Gasteiger partial charge in [-0.3, -0.25) is 10.1 Å². The molecular weight excluding hydrogens is 357 g/mol. The zero-order chi connectivity index (χ0) is 18.7. The minimum atomic E-state index is -0.803. The number of aryl methyl sites for hydroxylation is 1. The Morgan fingerprint density at radius 2 is 2.12 bits per heavy atom. The molecule has 0 saturated carbocycles. The normalized spacial score (nSPS) is 15.1. The number of aromatic nitrogens is 1. The average Bonchev–Trinajstić information content (AvgIpc) is 2.94. The number of rotatable bonds is 4. The summed E-state index contributed by atoms with van der Waals surface area (Å²) < 4.78 is 13.3. The first-order valence-electron chi connectivity index (χ1n) is 8.42. The van der Waals surface area contributed by atoms with Crippen LogP contribution in [0.15, 0.2) is 24.3 Å². The number of likely N-dealkylation sites (tertiary alicyclic amines) is 1. The number of piperidine rings is 1. The van der Waals surface area contributed by atoms with Crippen LogP contribution in [-0.4, -0.2) is 40.1 Å². The van der Waals surface area contributed by atoms with Gasteiger partial charge in [0.25, 0.3) is 0 Å². The van der Waals surface area contributed by atoms with Crippen LogP contribution in [0.1, 0.15) is 29.0 Å². The van der Waals surface area contributed by atoms with Crippen molar-refractivity contribution in [3.8, 4) is 0 Å². The van der Waals surface area contributed by atoms with E-state index < -0.39 is 5.97 Å². The lowest BCUT2D eigenvalue weighted by atomic mass is 9.97. The average molecular weight is 377 g/mol. The third-order valence-corrected chi connectivity index (χ3v) is 5.56. The molecule has 1 fully saturated rings.